The minimum atomic E-state index is -4.19. The Balaban J connectivity index is 0.000000208. The Hall–Kier alpha value is -2.56. The molecule has 0 spiro atoms. The molecule has 0 aliphatic carbocycles. The SMILES string of the molecule is O=P(O)(OF)c1ccccc1.O=[P+](Oc1ccccc1)Oc1ccccc1. The van der Waals surface area contributed by atoms with Gasteiger partial charge >= 0.3 is 15.9 Å². The Kier molecular flexibility index (Phi) is 8.11. The number of rotatable bonds is 6. The van der Waals surface area contributed by atoms with Gasteiger partial charge in [-0.1, -0.05) is 54.6 Å². The molecule has 0 aliphatic rings. The molecule has 3 aromatic rings. The van der Waals surface area contributed by atoms with Gasteiger partial charge in [-0.15, -0.1) is 4.73 Å². The van der Waals surface area contributed by atoms with Crippen LogP contribution >= 0.6 is 15.9 Å². The summed E-state index contributed by atoms with van der Waals surface area (Å²) in [6.45, 7) is 0. The second-order valence-electron chi connectivity index (χ2n) is 4.96. The maximum Gasteiger partial charge on any atom is 0.805 e. The van der Waals surface area contributed by atoms with Crippen molar-refractivity contribution in [1.82, 2.24) is 0 Å². The molecule has 140 valence electrons. The summed E-state index contributed by atoms with van der Waals surface area (Å²) >= 11 is 0. The van der Waals surface area contributed by atoms with Crippen LogP contribution in [0.2, 0.25) is 0 Å². The average Bonchev–Trinajstić information content (AvgIpc) is 2.70. The lowest BCUT2D eigenvalue weighted by molar-refractivity contribution is -0.0151. The molecule has 0 fully saturated rings. The first-order valence-corrected chi connectivity index (χ1v) is 10.3. The molecule has 3 aromatic carbocycles. The maximum absolute atomic E-state index is 11.5. The number of hydrogen-bond acceptors (Lipinski definition) is 5. The molecule has 0 radical (unpaired) electrons. The molecule has 9 heteroatoms. The van der Waals surface area contributed by atoms with Crippen molar-refractivity contribution >= 4 is 21.2 Å². The lowest BCUT2D eigenvalue weighted by Crippen LogP contribution is -2.02. The standard InChI is InChI=1S/C12H10O3P.C6H6FO3P/c13-16(14-11-7-3-1-4-8-11)15-12-9-5-2-6-10-12;7-10-11(8,9)6-4-2-1-3-5-6/h1-10H;1-5H,(H,8,9)/q+1;. The van der Waals surface area contributed by atoms with E-state index in [1.54, 1.807) is 54.6 Å². The monoisotopic (exact) mass is 409 g/mol. The van der Waals surface area contributed by atoms with Gasteiger partial charge in [-0.3, -0.25) is 4.57 Å². The molecular weight excluding hydrogens is 393 g/mol. The van der Waals surface area contributed by atoms with E-state index in [0.717, 1.165) is 0 Å². The van der Waals surface area contributed by atoms with Gasteiger partial charge in [0.05, 0.1) is 5.30 Å². The summed E-state index contributed by atoms with van der Waals surface area (Å²) in [5.74, 6) is 1.05. The molecule has 0 aromatic heterocycles. The number of hydrogen-bond donors (Lipinski definition) is 1. The van der Waals surface area contributed by atoms with Crippen LogP contribution in [0.15, 0.2) is 91.0 Å². The Labute approximate surface area is 156 Å². The molecule has 6 nitrogen and oxygen atoms in total. The zero-order valence-corrected chi connectivity index (χ0v) is 15.7. The van der Waals surface area contributed by atoms with Gasteiger partial charge in [0.25, 0.3) is 0 Å². The number of para-hydroxylation sites is 2. The fourth-order valence-electron chi connectivity index (χ4n) is 1.81. The van der Waals surface area contributed by atoms with Crippen molar-refractivity contribution in [3.8, 4) is 11.5 Å². The van der Waals surface area contributed by atoms with E-state index in [1.807, 2.05) is 12.1 Å². The van der Waals surface area contributed by atoms with E-state index in [9.17, 15) is 13.7 Å². The van der Waals surface area contributed by atoms with Crippen LogP contribution in [0.3, 0.4) is 0 Å². The van der Waals surface area contributed by atoms with Gasteiger partial charge in [0.1, 0.15) is 0 Å². The van der Waals surface area contributed by atoms with Gasteiger partial charge in [0.15, 0.2) is 11.5 Å². The predicted octanol–water partition coefficient (Wildman–Crippen LogP) is 5.20. The highest BCUT2D eigenvalue weighted by atomic mass is 31.2. The van der Waals surface area contributed by atoms with Crippen LogP contribution in [0.25, 0.3) is 0 Å². The third kappa shape index (κ3) is 7.29. The van der Waals surface area contributed by atoms with E-state index in [2.05, 4.69) is 4.73 Å². The molecule has 0 bridgehead atoms. The molecule has 0 heterocycles. The van der Waals surface area contributed by atoms with Gasteiger partial charge in [-0.25, -0.2) is 9.05 Å². The van der Waals surface area contributed by atoms with Gasteiger partial charge < -0.3 is 4.89 Å². The Morgan fingerprint density at radius 2 is 1.11 bits per heavy atom. The molecule has 3 rings (SSSR count). The van der Waals surface area contributed by atoms with E-state index < -0.39 is 15.9 Å². The maximum atomic E-state index is 11.5. The molecule has 1 N–H and O–H groups in total. The average molecular weight is 409 g/mol. The van der Waals surface area contributed by atoms with Gasteiger partial charge in [-0.05, 0) is 40.9 Å². The van der Waals surface area contributed by atoms with Crippen molar-refractivity contribution in [3.05, 3.63) is 91.0 Å². The van der Waals surface area contributed by atoms with Crippen molar-refractivity contribution < 1.29 is 32.3 Å². The minimum Gasteiger partial charge on any atom is -0.319 e. The molecule has 0 saturated carbocycles. The Morgan fingerprint density at radius 3 is 1.48 bits per heavy atom. The van der Waals surface area contributed by atoms with E-state index in [-0.39, 0.29) is 5.30 Å². The molecule has 1 atom stereocenters. The zero-order chi connectivity index (χ0) is 19.5. The summed E-state index contributed by atoms with van der Waals surface area (Å²) < 4.78 is 46.8. The van der Waals surface area contributed by atoms with Crippen molar-refractivity contribution in [2.24, 2.45) is 0 Å². The highest BCUT2D eigenvalue weighted by molar-refractivity contribution is 7.61. The van der Waals surface area contributed by atoms with Crippen molar-refractivity contribution in [2.45, 2.75) is 0 Å². The van der Waals surface area contributed by atoms with Crippen LogP contribution in [0, 0.1) is 0 Å². The van der Waals surface area contributed by atoms with Gasteiger partial charge in [0.2, 0.25) is 0 Å². The van der Waals surface area contributed by atoms with Crippen LogP contribution in [0.4, 0.5) is 4.53 Å². The Bertz CT molecular complexity index is 835. The smallest absolute Gasteiger partial charge is 0.319 e. The number of benzene rings is 3. The van der Waals surface area contributed by atoms with Crippen LogP contribution in [-0.4, -0.2) is 4.89 Å². The summed E-state index contributed by atoms with van der Waals surface area (Å²) in [7, 11) is -6.38. The van der Waals surface area contributed by atoms with Crippen LogP contribution < -0.4 is 14.4 Å². The molecule has 1 unspecified atom stereocenters. The van der Waals surface area contributed by atoms with Gasteiger partial charge in [-0.2, -0.15) is 0 Å². The van der Waals surface area contributed by atoms with E-state index >= 15 is 0 Å². The summed E-state index contributed by atoms with van der Waals surface area (Å²) in [5, 5.41) is -0.0532. The van der Waals surface area contributed by atoms with Crippen LogP contribution in [0.5, 0.6) is 11.5 Å². The van der Waals surface area contributed by atoms with Crippen LogP contribution in [-0.2, 0) is 13.9 Å². The van der Waals surface area contributed by atoms with E-state index in [0.29, 0.717) is 11.5 Å². The molecule has 0 amide bonds. The lowest BCUT2D eigenvalue weighted by Gasteiger charge is -2.03. The fourth-order valence-corrected chi connectivity index (χ4v) is 3.06. The summed E-state index contributed by atoms with van der Waals surface area (Å²) in [5.41, 5.74) is 0. The summed E-state index contributed by atoms with van der Waals surface area (Å²) in [4.78, 5) is 8.75. The normalized spacial score (nSPS) is 12.1. The van der Waals surface area contributed by atoms with E-state index in [1.165, 1.54) is 24.3 Å². The first kappa shape index (κ1) is 20.7. The molecule has 27 heavy (non-hydrogen) atoms. The van der Waals surface area contributed by atoms with Crippen molar-refractivity contribution in [2.75, 3.05) is 0 Å². The number of halogens is 1. The summed E-state index contributed by atoms with van der Waals surface area (Å²) in [6, 6.07) is 25.2. The Morgan fingerprint density at radius 1 is 0.741 bits per heavy atom. The topological polar surface area (TPSA) is 82.1 Å². The second-order valence-corrected chi connectivity index (χ2v) is 7.46. The highest BCUT2D eigenvalue weighted by Crippen LogP contribution is 2.40. The zero-order valence-electron chi connectivity index (χ0n) is 13.9. The first-order valence-electron chi connectivity index (χ1n) is 7.63. The van der Waals surface area contributed by atoms with Crippen LogP contribution in [0.1, 0.15) is 0 Å². The minimum absolute atomic E-state index is 0.0532. The summed E-state index contributed by atoms with van der Waals surface area (Å²) in [6.07, 6.45) is 0. The quantitative estimate of drug-likeness (QED) is 0.564. The molecule has 0 saturated heterocycles. The first-order chi connectivity index (χ1) is 13.0. The largest absolute Gasteiger partial charge is 0.805 e. The third-order valence-electron chi connectivity index (χ3n) is 3.02. The predicted molar refractivity (Wildman–Crippen MR) is 99.8 cm³/mol. The second kappa shape index (κ2) is 10.6. The molecule has 0 aliphatic heterocycles. The van der Waals surface area contributed by atoms with E-state index in [4.69, 9.17) is 13.9 Å². The fraction of sp³-hybridized carbons (Fsp3) is 0. The van der Waals surface area contributed by atoms with Gasteiger partial charge in [0, 0.05) is 4.57 Å². The molecular formula is C18H16FO6P2+. The lowest BCUT2D eigenvalue weighted by atomic mass is 10.3. The third-order valence-corrected chi connectivity index (χ3v) is 4.88. The van der Waals surface area contributed by atoms with Crippen molar-refractivity contribution in [3.63, 3.8) is 0 Å². The van der Waals surface area contributed by atoms with Crippen molar-refractivity contribution in [1.29, 1.82) is 0 Å². The highest BCUT2D eigenvalue weighted by Gasteiger charge is 2.23.